The summed E-state index contributed by atoms with van der Waals surface area (Å²) in [5, 5.41) is 9.38. The number of fused-ring (bicyclic) bond motifs is 1. The van der Waals surface area contributed by atoms with Gasteiger partial charge in [0.1, 0.15) is 0 Å². The Kier molecular flexibility index (Phi) is 2.53. The van der Waals surface area contributed by atoms with Crippen LogP contribution in [0, 0.1) is 0 Å². The Morgan fingerprint density at radius 3 is 2.73 bits per heavy atom. The second-order valence-electron chi connectivity index (χ2n) is 2.75. The van der Waals surface area contributed by atoms with Crippen LogP contribution in [-0.2, 0) is 6.42 Å². The van der Waals surface area contributed by atoms with E-state index in [2.05, 4.69) is 6.07 Å². The highest BCUT2D eigenvalue weighted by Gasteiger charge is 2.18. The Hall–Kier alpha value is -0.530. The number of hydrogen-bond donors (Lipinski definition) is 1. The van der Waals surface area contributed by atoms with Crippen molar-refractivity contribution < 1.29 is 5.11 Å². The maximum absolute atomic E-state index is 9.38. The molecule has 1 aliphatic rings. The fourth-order valence-corrected chi connectivity index (χ4v) is 1.53. The fourth-order valence-electron chi connectivity index (χ4n) is 1.53. The van der Waals surface area contributed by atoms with Gasteiger partial charge in [-0.1, -0.05) is 24.3 Å². The van der Waals surface area contributed by atoms with E-state index in [9.17, 15) is 5.11 Å². The van der Waals surface area contributed by atoms with Gasteiger partial charge in [0.15, 0.2) is 0 Å². The van der Waals surface area contributed by atoms with Gasteiger partial charge in [0.05, 0.1) is 6.10 Å². The molecule has 0 aromatic heterocycles. The molecule has 1 N–H and O–H groups in total. The third kappa shape index (κ3) is 1.39. The van der Waals surface area contributed by atoms with Crippen molar-refractivity contribution in [2.45, 2.75) is 18.9 Å². The number of aliphatic hydroxyl groups excluding tert-OH is 1. The fraction of sp³-hybridized carbons (Fsp3) is 0.333. The van der Waals surface area contributed by atoms with Gasteiger partial charge in [0.2, 0.25) is 0 Å². The first-order valence-electron chi connectivity index (χ1n) is 3.64. The molecule has 0 bridgehead atoms. The molecule has 2 rings (SSSR count). The zero-order chi connectivity index (χ0) is 6.97. The molecule has 1 aromatic rings. The summed E-state index contributed by atoms with van der Waals surface area (Å²) in [7, 11) is 0. The van der Waals surface area contributed by atoms with Crippen molar-refractivity contribution in [3.05, 3.63) is 35.4 Å². The van der Waals surface area contributed by atoms with Crippen molar-refractivity contribution in [1.29, 1.82) is 0 Å². The van der Waals surface area contributed by atoms with Gasteiger partial charge in [-0.15, -0.1) is 12.4 Å². The molecule has 2 heteroatoms. The summed E-state index contributed by atoms with van der Waals surface area (Å²) in [5.74, 6) is 0. The lowest BCUT2D eigenvalue weighted by Crippen LogP contribution is -1.88. The maximum atomic E-state index is 9.38. The Balaban J connectivity index is 0.000000605. The van der Waals surface area contributed by atoms with Crippen LogP contribution >= 0.6 is 12.4 Å². The summed E-state index contributed by atoms with van der Waals surface area (Å²) in [5.41, 5.74) is 2.44. The summed E-state index contributed by atoms with van der Waals surface area (Å²) < 4.78 is 0. The molecular weight excluding hydrogens is 160 g/mol. The highest BCUT2D eigenvalue weighted by molar-refractivity contribution is 5.85. The predicted octanol–water partition coefficient (Wildman–Crippen LogP) is 2.09. The molecule has 11 heavy (non-hydrogen) atoms. The molecule has 1 aromatic carbocycles. The monoisotopic (exact) mass is 170 g/mol. The van der Waals surface area contributed by atoms with Gasteiger partial charge < -0.3 is 5.11 Å². The molecular formula is C9H11ClO. The van der Waals surface area contributed by atoms with Crippen molar-refractivity contribution in [2.75, 3.05) is 0 Å². The number of benzene rings is 1. The van der Waals surface area contributed by atoms with E-state index in [-0.39, 0.29) is 18.5 Å². The number of aryl methyl sites for hydroxylation is 1. The summed E-state index contributed by atoms with van der Waals surface area (Å²) >= 11 is 0. The van der Waals surface area contributed by atoms with Gasteiger partial charge >= 0.3 is 0 Å². The standard InChI is InChI=1S/C9H10O.ClH/c10-9-6-5-7-3-1-2-4-8(7)9;/h1-4,9-10H,5-6H2;1H. The molecule has 0 spiro atoms. The molecule has 60 valence electrons. The van der Waals surface area contributed by atoms with Crippen LogP contribution in [0.1, 0.15) is 23.7 Å². The maximum Gasteiger partial charge on any atom is 0.0795 e. The predicted molar refractivity (Wildman–Crippen MR) is 47.0 cm³/mol. The topological polar surface area (TPSA) is 20.2 Å². The smallest absolute Gasteiger partial charge is 0.0795 e. The van der Waals surface area contributed by atoms with E-state index in [1.54, 1.807) is 0 Å². The normalized spacial score (nSPS) is 20.6. The van der Waals surface area contributed by atoms with E-state index in [0.29, 0.717) is 0 Å². The van der Waals surface area contributed by atoms with E-state index in [4.69, 9.17) is 0 Å². The lowest BCUT2D eigenvalue weighted by Gasteiger charge is -2.00. The van der Waals surface area contributed by atoms with Gasteiger partial charge in [-0.3, -0.25) is 0 Å². The van der Waals surface area contributed by atoms with Crippen molar-refractivity contribution in [3.63, 3.8) is 0 Å². The number of hydrogen-bond acceptors (Lipinski definition) is 1. The first kappa shape index (κ1) is 8.57. The second-order valence-corrected chi connectivity index (χ2v) is 2.75. The molecule has 0 fully saturated rings. The van der Waals surface area contributed by atoms with Crippen molar-refractivity contribution >= 4 is 12.4 Å². The Morgan fingerprint density at radius 1 is 1.27 bits per heavy atom. The largest absolute Gasteiger partial charge is 0.388 e. The average molecular weight is 171 g/mol. The van der Waals surface area contributed by atoms with Crippen molar-refractivity contribution in [3.8, 4) is 0 Å². The van der Waals surface area contributed by atoms with Crippen molar-refractivity contribution in [2.24, 2.45) is 0 Å². The molecule has 1 aliphatic carbocycles. The highest BCUT2D eigenvalue weighted by atomic mass is 35.5. The zero-order valence-electron chi connectivity index (χ0n) is 6.16. The summed E-state index contributed by atoms with van der Waals surface area (Å²) in [6.07, 6.45) is 1.74. The average Bonchev–Trinajstić information content (AvgIpc) is 2.34. The summed E-state index contributed by atoms with van der Waals surface area (Å²) in [4.78, 5) is 0. The molecule has 0 saturated carbocycles. The lowest BCUT2D eigenvalue weighted by molar-refractivity contribution is 0.180. The van der Waals surface area contributed by atoms with Gasteiger partial charge in [0.25, 0.3) is 0 Å². The third-order valence-electron chi connectivity index (χ3n) is 2.10. The van der Waals surface area contributed by atoms with Gasteiger partial charge in [0, 0.05) is 0 Å². The van der Waals surface area contributed by atoms with Crippen LogP contribution in [0.15, 0.2) is 24.3 Å². The number of aliphatic hydroxyl groups is 1. The van der Waals surface area contributed by atoms with Crippen LogP contribution in [0.5, 0.6) is 0 Å². The minimum atomic E-state index is -0.198. The Morgan fingerprint density at radius 2 is 2.00 bits per heavy atom. The van der Waals surface area contributed by atoms with E-state index >= 15 is 0 Å². The number of halogens is 1. The minimum Gasteiger partial charge on any atom is -0.388 e. The SMILES string of the molecule is Cl.OC1CCc2ccccc21. The Labute approximate surface area is 72.5 Å². The zero-order valence-corrected chi connectivity index (χ0v) is 6.97. The first-order valence-corrected chi connectivity index (χ1v) is 3.64. The van der Waals surface area contributed by atoms with Gasteiger partial charge in [-0.25, -0.2) is 0 Å². The molecule has 0 aliphatic heterocycles. The van der Waals surface area contributed by atoms with Crippen LogP contribution < -0.4 is 0 Å². The van der Waals surface area contributed by atoms with Crippen LogP contribution in [0.3, 0.4) is 0 Å². The van der Waals surface area contributed by atoms with Gasteiger partial charge in [-0.05, 0) is 24.0 Å². The van der Waals surface area contributed by atoms with Crippen LogP contribution in [0.25, 0.3) is 0 Å². The first-order chi connectivity index (χ1) is 4.88. The van der Waals surface area contributed by atoms with E-state index in [0.717, 1.165) is 18.4 Å². The van der Waals surface area contributed by atoms with Crippen LogP contribution in [-0.4, -0.2) is 5.11 Å². The Bertz CT molecular complexity index is 247. The van der Waals surface area contributed by atoms with E-state index < -0.39 is 0 Å². The highest BCUT2D eigenvalue weighted by Crippen LogP contribution is 2.29. The lowest BCUT2D eigenvalue weighted by atomic mass is 10.1. The van der Waals surface area contributed by atoms with Crippen LogP contribution in [0.2, 0.25) is 0 Å². The third-order valence-corrected chi connectivity index (χ3v) is 2.10. The van der Waals surface area contributed by atoms with E-state index in [1.165, 1.54) is 5.56 Å². The molecule has 1 nitrogen and oxygen atoms in total. The molecule has 0 saturated heterocycles. The minimum absolute atomic E-state index is 0. The quantitative estimate of drug-likeness (QED) is 0.632. The second kappa shape index (κ2) is 3.24. The summed E-state index contributed by atoms with van der Waals surface area (Å²) in [6.45, 7) is 0. The van der Waals surface area contributed by atoms with Crippen molar-refractivity contribution in [1.82, 2.24) is 0 Å². The molecule has 1 atom stereocenters. The van der Waals surface area contributed by atoms with E-state index in [1.807, 2.05) is 18.2 Å². The van der Waals surface area contributed by atoms with Crippen LogP contribution in [0.4, 0.5) is 0 Å². The molecule has 0 amide bonds. The number of rotatable bonds is 0. The molecule has 0 radical (unpaired) electrons. The molecule has 0 heterocycles. The summed E-state index contributed by atoms with van der Waals surface area (Å²) in [6, 6.07) is 8.10. The van der Waals surface area contributed by atoms with Gasteiger partial charge in [-0.2, -0.15) is 0 Å². The molecule has 1 unspecified atom stereocenters.